The lowest BCUT2D eigenvalue weighted by Gasteiger charge is -2.13. The molecule has 2 aromatic heterocycles. The maximum Gasteiger partial charge on any atom is 0.573 e. The minimum atomic E-state index is -4.82. The molecular formula is C21H12F3N3O3. The number of aromatic nitrogens is 2. The molecule has 0 fully saturated rings. The molecule has 0 saturated heterocycles. The van der Waals surface area contributed by atoms with Gasteiger partial charge in [-0.1, -0.05) is 17.3 Å². The molecule has 2 heterocycles. The molecule has 2 aromatic carbocycles. The Kier molecular flexibility index (Phi) is 4.54. The molecule has 0 radical (unpaired) electrons. The predicted molar refractivity (Wildman–Crippen MR) is 102 cm³/mol. The molecule has 4 rings (SSSR count). The monoisotopic (exact) mass is 411 g/mol. The van der Waals surface area contributed by atoms with Crippen molar-refractivity contribution >= 4 is 10.9 Å². The summed E-state index contributed by atoms with van der Waals surface area (Å²) in [5.41, 5.74) is 1.91. The molecule has 9 heteroatoms. The fraction of sp³-hybridized carbons (Fsp3) is 0.0952. The van der Waals surface area contributed by atoms with Gasteiger partial charge in [-0.2, -0.15) is 5.26 Å². The summed E-state index contributed by atoms with van der Waals surface area (Å²) in [5.74, 6) is -0.196. The SMILES string of the molecule is Cc1cc(-c2c(-c3ccc(OC(F)(F)F)cc3)c3cc(C#N)ccc3[nH]c2=O)on1. The van der Waals surface area contributed by atoms with Crippen LogP contribution in [0.3, 0.4) is 0 Å². The number of nitrogens with zero attached hydrogens (tertiary/aromatic N) is 2. The number of halogens is 3. The summed E-state index contributed by atoms with van der Waals surface area (Å²) >= 11 is 0. The highest BCUT2D eigenvalue weighted by Gasteiger charge is 2.31. The number of hydrogen-bond donors (Lipinski definition) is 1. The molecule has 0 aliphatic heterocycles. The Morgan fingerprint density at radius 3 is 2.43 bits per heavy atom. The van der Waals surface area contributed by atoms with Crippen molar-refractivity contribution in [1.29, 1.82) is 5.26 Å². The second-order valence-corrected chi connectivity index (χ2v) is 6.48. The van der Waals surface area contributed by atoms with Crippen molar-refractivity contribution in [3.05, 3.63) is 70.1 Å². The van der Waals surface area contributed by atoms with E-state index in [0.717, 1.165) is 12.1 Å². The van der Waals surface area contributed by atoms with Crippen LogP contribution in [0.4, 0.5) is 13.2 Å². The first kappa shape index (κ1) is 19.3. The van der Waals surface area contributed by atoms with E-state index < -0.39 is 17.7 Å². The number of pyridine rings is 1. The van der Waals surface area contributed by atoms with Crippen LogP contribution in [-0.4, -0.2) is 16.5 Å². The molecule has 0 saturated carbocycles. The number of hydrogen-bond acceptors (Lipinski definition) is 5. The van der Waals surface area contributed by atoms with E-state index in [-0.39, 0.29) is 11.3 Å². The van der Waals surface area contributed by atoms with Gasteiger partial charge in [0.05, 0.1) is 22.9 Å². The molecule has 150 valence electrons. The molecule has 6 nitrogen and oxygen atoms in total. The summed E-state index contributed by atoms with van der Waals surface area (Å²) in [4.78, 5) is 15.6. The zero-order chi connectivity index (χ0) is 21.5. The maximum atomic E-state index is 12.9. The number of nitrogens with one attached hydrogen (secondary N) is 1. The van der Waals surface area contributed by atoms with Crippen LogP contribution in [0, 0.1) is 18.3 Å². The number of fused-ring (bicyclic) bond motifs is 1. The molecular weight excluding hydrogens is 399 g/mol. The lowest BCUT2D eigenvalue weighted by Crippen LogP contribution is -2.17. The molecule has 0 amide bonds. The van der Waals surface area contributed by atoms with Gasteiger partial charge in [0, 0.05) is 22.5 Å². The van der Waals surface area contributed by atoms with Crippen molar-refractivity contribution < 1.29 is 22.4 Å². The van der Waals surface area contributed by atoms with Gasteiger partial charge in [0.15, 0.2) is 5.76 Å². The number of benzene rings is 2. The Labute approximate surface area is 167 Å². The van der Waals surface area contributed by atoms with E-state index in [9.17, 15) is 23.2 Å². The van der Waals surface area contributed by atoms with E-state index in [1.807, 2.05) is 6.07 Å². The van der Waals surface area contributed by atoms with Crippen LogP contribution in [0.25, 0.3) is 33.4 Å². The minimum absolute atomic E-state index is 0.155. The highest BCUT2D eigenvalue weighted by Crippen LogP contribution is 2.37. The fourth-order valence-electron chi connectivity index (χ4n) is 3.20. The second-order valence-electron chi connectivity index (χ2n) is 6.48. The Balaban J connectivity index is 2.00. The summed E-state index contributed by atoms with van der Waals surface area (Å²) in [6.07, 6.45) is -4.82. The zero-order valence-corrected chi connectivity index (χ0v) is 15.4. The number of aromatic amines is 1. The van der Waals surface area contributed by atoms with Crippen LogP contribution < -0.4 is 10.3 Å². The molecule has 4 aromatic rings. The zero-order valence-electron chi connectivity index (χ0n) is 15.4. The summed E-state index contributed by atoms with van der Waals surface area (Å²) < 4.78 is 46.6. The van der Waals surface area contributed by atoms with Crippen LogP contribution in [0.15, 0.2) is 57.8 Å². The van der Waals surface area contributed by atoms with Crippen molar-refractivity contribution in [3.63, 3.8) is 0 Å². The van der Waals surface area contributed by atoms with E-state index in [2.05, 4.69) is 14.9 Å². The van der Waals surface area contributed by atoms with E-state index in [4.69, 9.17) is 4.52 Å². The van der Waals surface area contributed by atoms with Crippen molar-refractivity contribution in [2.45, 2.75) is 13.3 Å². The quantitative estimate of drug-likeness (QED) is 0.516. The lowest BCUT2D eigenvalue weighted by atomic mass is 9.94. The number of rotatable bonds is 3. The summed E-state index contributed by atoms with van der Waals surface area (Å²) in [6, 6.07) is 13.5. The van der Waals surface area contributed by atoms with Crippen molar-refractivity contribution in [2.24, 2.45) is 0 Å². The topological polar surface area (TPSA) is 91.9 Å². The third-order valence-electron chi connectivity index (χ3n) is 4.39. The Bertz CT molecular complexity index is 1350. The van der Waals surface area contributed by atoms with Gasteiger partial charge < -0.3 is 14.2 Å². The number of ether oxygens (including phenoxy) is 1. The third-order valence-corrected chi connectivity index (χ3v) is 4.39. The molecule has 0 aliphatic carbocycles. The molecule has 0 atom stereocenters. The van der Waals surface area contributed by atoms with Gasteiger partial charge in [0.25, 0.3) is 5.56 Å². The smallest absolute Gasteiger partial charge is 0.406 e. The average Bonchev–Trinajstić information content (AvgIpc) is 3.12. The first-order chi connectivity index (χ1) is 14.2. The highest BCUT2D eigenvalue weighted by atomic mass is 19.4. The molecule has 1 N–H and O–H groups in total. The molecule has 0 unspecified atom stereocenters. The van der Waals surface area contributed by atoms with Gasteiger partial charge >= 0.3 is 6.36 Å². The molecule has 0 aliphatic rings. The van der Waals surface area contributed by atoms with Crippen molar-refractivity contribution in [1.82, 2.24) is 10.1 Å². The normalized spacial score (nSPS) is 11.4. The van der Waals surface area contributed by atoms with Crippen LogP contribution >= 0.6 is 0 Å². The molecule has 0 bridgehead atoms. The number of H-pyrrole nitrogens is 1. The first-order valence-electron chi connectivity index (χ1n) is 8.65. The largest absolute Gasteiger partial charge is 0.573 e. The Morgan fingerprint density at radius 1 is 1.10 bits per heavy atom. The number of nitriles is 1. The Hall–Kier alpha value is -4.06. The van der Waals surface area contributed by atoms with Gasteiger partial charge in [0.1, 0.15) is 5.75 Å². The summed E-state index contributed by atoms with van der Waals surface area (Å²) in [7, 11) is 0. The predicted octanol–water partition coefficient (Wildman–Crippen LogP) is 4.93. The van der Waals surface area contributed by atoms with Gasteiger partial charge in [-0.15, -0.1) is 13.2 Å². The number of alkyl halides is 3. The van der Waals surface area contributed by atoms with Gasteiger partial charge in [-0.05, 0) is 42.8 Å². The fourth-order valence-corrected chi connectivity index (χ4v) is 3.20. The van der Waals surface area contributed by atoms with Crippen LogP contribution in [0.1, 0.15) is 11.3 Å². The van der Waals surface area contributed by atoms with E-state index >= 15 is 0 Å². The highest BCUT2D eigenvalue weighted by molar-refractivity contribution is 6.01. The van der Waals surface area contributed by atoms with Gasteiger partial charge in [-0.25, -0.2) is 0 Å². The van der Waals surface area contributed by atoms with E-state index in [1.54, 1.807) is 31.2 Å². The van der Waals surface area contributed by atoms with Crippen molar-refractivity contribution in [2.75, 3.05) is 0 Å². The van der Waals surface area contributed by atoms with E-state index in [1.165, 1.54) is 12.1 Å². The standard InChI is InChI=1S/C21H12F3N3O3/c1-11-8-17(30-27-11)19-18(13-3-5-14(6-4-13)29-21(22,23)24)15-9-12(10-25)2-7-16(15)26-20(19)28/h2-9H,1H3,(H,26,28). The summed E-state index contributed by atoms with van der Waals surface area (Å²) in [5, 5.41) is 13.6. The van der Waals surface area contributed by atoms with Gasteiger partial charge in [0.2, 0.25) is 0 Å². The van der Waals surface area contributed by atoms with Crippen LogP contribution in [-0.2, 0) is 0 Å². The third kappa shape index (κ3) is 3.63. The molecule has 30 heavy (non-hydrogen) atoms. The van der Waals surface area contributed by atoms with Crippen LogP contribution in [0.2, 0.25) is 0 Å². The lowest BCUT2D eigenvalue weighted by molar-refractivity contribution is -0.274. The second kappa shape index (κ2) is 7.08. The summed E-state index contributed by atoms with van der Waals surface area (Å²) in [6.45, 7) is 1.69. The van der Waals surface area contributed by atoms with Crippen LogP contribution in [0.5, 0.6) is 5.75 Å². The maximum absolute atomic E-state index is 12.9. The van der Waals surface area contributed by atoms with Crippen molar-refractivity contribution in [3.8, 4) is 34.3 Å². The van der Waals surface area contributed by atoms with Gasteiger partial charge in [-0.3, -0.25) is 4.79 Å². The first-order valence-corrected chi connectivity index (χ1v) is 8.65. The molecule has 0 spiro atoms. The minimum Gasteiger partial charge on any atom is -0.406 e. The number of aryl methyl sites for hydroxylation is 1. The Morgan fingerprint density at radius 2 is 1.83 bits per heavy atom. The van der Waals surface area contributed by atoms with E-state index in [0.29, 0.717) is 33.3 Å². The average molecular weight is 411 g/mol.